The predicted molar refractivity (Wildman–Crippen MR) is 116 cm³/mol. The third kappa shape index (κ3) is 5.24. The van der Waals surface area contributed by atoms with E-state index in [4.69, 9.17) is 0 Å². The van der Waals surface area contributed by atoms with Crippen LogP contribution in [0.5, 0.6) is 0 Å². The van der Waals surface area contributed by atoms with Crippen molar-refractivity contribution in [2.45, 2.75) is 44.4 Å². The molecule has 154 valence electrons. The number of carbonyl (C=O) groups excluding carboxylic acids is 1. The van der Waals surface area contributed by atoms with Crippen molar-refractivity contribution in [1.82, 2.24) is 4.90 Å². The topological polar surface area (TPSA) is 23.6 Å². The Morgan fingerprint density at radius 1 is 0.897 bits per heavy atom. The molecule has 0 radical (unpaired) electrons. The largest absolute Gasteiger partial charge is 0.369 e. The molecule has 0 bridgehead atoms. The molecule has 1 saturated carbocycles. The molecule has 1 aliphatic carbocycles. The van der Waals surface area contributed by atoms with Crippen LogP contribution in [0.1, 0.15) is 60.4 Å². The van der Waals surface area contributed by atoms with Gasteiger partial charge in [0.15, 0.2) is 5.78 Å². The zero-order valence-corrected chi connectivity index (χ0v) is 17.2. The van der Waals surface area contributed by atoms with E-state index < -0.39 is 0 Å². The fraction of sp³-hybridized carbons (Fsp3) is 0.480. The van der Waals surface area contributed by atoms with Gasteiger partial charge in [-0.2, -0.15) is 0 Å². The normalized spacial score (nSPS) is 18.3. The van der Waals surface area contributed by atoms with E-state index in [1.54, 1.807) is 12.1 Å². The number of hydrogen-bond acceptors (Lipinski definition) is 3. The van der Waals surface area contributed by atoms with Gasteiger partial charge in [0.05, 0.1) is 0 Å². The zero-order valence-electron chi connectivity index (χ0n) is 17.2. The first-order valence-electron chi connectivity index (χ1n) is 11.0. The van der Waals surface area contributed by atoms with E-state index in [-0.39, 0.29) is 11.6 Å². The number of piperazine rings is 1. The molecule has 1 heterocycles. The first kappa shape index (κ1) is 20.1. The zero-order chi connectivity index (χ0) is 20.1. The minimum absolute atomic E-state index is 0.103. The first-order chi connectivity index (χ1) is 14.2. The molecular weight excluding hydrogens is 363 g/mol. The van der Waals surface area contributed by atoms with Gasteiger partial charge in [-0.1, -0.05) is 25.0 Å². The molecule has 2 aliphatic rings. The highest BCUT2D eigenvalue weighted by molar-refractivity contribution is 5.95. The van der Waals surface area contributed by atoms with Gasteiger partial charge in [0.2, 0.25) is 0 Å². The van der Waals surface area contributed by atoms with Gasteiger partial charge in [-0.3, -0.25) is 9.69 Å². The van der Waals surface area contributed by atoms with Crippen LogP contribution in [0.4, 0.5) is 10.1 Å². The van der Waals surface area contributed by atoms with Gasteiger partial charge in [-0.25, -0.2) is 4.39 Å². The van der Waals surface area contributed by atoms with E-state index in [1.165, 1.54) is 49.1 Å². The van der Waals surface area contributed by atoms with Crippen LogP contribution in [0.25, 0.3) is 0 Å². The molecule has 1 aliphatic heterocycles. The summed E-state index contributed by atoms with van der Waals surface area (Å²) in [5.41, 5.74) is 3.45. The SMILES string of the molecule is O=C(CCCN1CCN(c2ccc(C3CCCC3)cc2)CC1)c1ccc(F)cc1. The standard InChI is InChI=1S/C25H31FN2O/c26-23-11-7-22(8-12-23)25(29)6-3-15-27-16-18-28(19-17-27)24-13-9-21(10-14-24)20-4-1-2-5-20/h7-14,20H,1-6,15-19H2. The van der Waals surface area contributed by atoms with Crippen molar-refractivity contribution in [1.29, 1.82) is 0 Å². The Morgan fingerprint density at radius 3 is 2.21 bits per heavy atom. The van der Waals surface area contributed by atoms with Crippen LogP contribution in [0.15, 0.2) is 48.5 Å². The minimum Gasteiger partial charge on any atom is -0.369 e. The van der Waals surface area contributed by atoms with Crippen LogP contribution in [-0.2, 0) is 0 Å². The number of benzene rings is 2. The van der Waals surface area contributed by atoms with Gasteiger partial charge in [0.25, 0.3) is 0 Å². The van der Waals surface area contributed by atoms with Crippen LogP contribution in [0, 0.1) is 5.82 Å². The number of anilines is 1. The molecule has 3 nitrogen and oxygen atoms in total. The summed E-state index contributed by atoms with van der Waals surface area (Å²) in [5, 5.41) is 0. The Balaban J connectivity index is 1.19. The number of hydrogen-bond donors (Lipinski definition) is 0. The van der Waals surface area contributed by atoms with E-state index in [1.807, 2.05) is 0 Å². The number of halogens is 1. The van der Waals surface area contributed by atoms with Crippen molar-refractivity contribution in [3.8, 4) is 0 Å². The molecule has 1 saturated heterocycles. The lowest BCUT2D eigenvalue weighted by Gasteiger charge is -2.36. The van der Waals surface area contributed by atoms with E-state index in [0.29, 0.717) is 12.0 Å². The van der Waals surface area contributed by atoms with Gasteiger partial charge >= 0.3 is 0 Å². The lowest BCUT2D eigenvalue weighted by atomic mass is 9.97. The van der Waals surface area contributed by atoms with E-state index in [2.05, 4.69) is 34.1 Å². The molecule has 29 heavy (non-hydrogen) atoms. The van der Waals surface area contributed by atoms with Crippen LogP contribution < -0.4 is 4.90 Å². The Kier molecular flexibility index (Phi) is 6.60. The summed E-state index contributed by atoms with van der Waals surface area (Å²) < 4.78 is 13.0. The summed E-state index contributed by atoms with van der Waals surface area (Å²) in [6.07, 6.45) is 6.83. The molecule has 0 unspecified atom stereocenters. The first-order valence-corrected chi connectivity index (χ1v) is 11.0. The molecule has 2 aromatic carbocycles. The van der Waals surface area contributed by atoms with Crippen molar-refractivity contribution >= 4 is 11.5 Å². The molecule has 0 aromatic heterocycles. The average molecular weight is 395 g/mol. The highest BCUT2D eigenvalue weighted by atomic mass is 19.1. The minimum atomic E-state index is -0.299. The van der Waals surface area contributed by atoms with E-state index in [9.17, 15) is 9.18 Å². The fourth-order valence-electron chi connectivity index (χ4n) is 4.69. The molecule has 4 heteroatoms. The third-order valence-electron chi connectivity index (χ3n) is 6.50. The Bertz CT molecular complexity index is 789. The molecular formula is C25H31FN2O. The Morgan fingerprint density at radius 2 is 1.55 bits per heavy atom. The van der Waals surface area contributed by atoms with Crippen LogP contribution in [0.2, 0.25) is 0 Å². The van der Waals surface area contributed by atoms with Gasteiger partial charge in [0, 0.05) is 43.9 Å². The maximum absolute atomic E-state index is 13.0. The summed E-state index contributed by atoms with van der Waals surface area (Å²) in [6, 6.07) is 15.1. The lowest BCUT2D eigenvalue weighted by Crippen LogP contribution is -2.46. The summed E-state index contributed by atoms with van der Waals surface area (Å²) in [7, 11) is 0. The van der Waals surface area contributed by atoms with Crippen molar-refractivity contribution in [3.05, 3.63) is 65.5 Å². The quantitative estimate of drug-likeness (QED) is 0.598. The number of nitrogens with zero attached hydrogens (tertiary/aromatic N) is 2. The number of Topliss-reactive ketones (excluding diaryl/α,β-unsaturated/α-hetero) is 1. The summed E-state index contributed by atoms with van der Waals surface area (Å²) in [5.74, 6) is 0.581. The second-order valence-corrected chi connectivity index (χ2v) is 8.44. The molecule has 2 aromatic rings. The van der Waals surface area contributed by atoms with E-state index >= 15 is 0 Å². The Hall–Kier alpha value is -2.20. The fourth-order valence-corrected chi connectivity index (χ4v) is 4.69. The van der Waals surface area contributed by atoms with Gasteiger partial charge in [-0.05, 0) is 73.7 Å². The molecule has 4 rings (SSSR count). The molecule has 2 fully saturated rings. The lowest BCUT2D eigenvalue weighted by molar-refractivity contribution is 0.0974. The molecule has 0 atom stereocenters. The predicted octanol–water partition coefficient (Wildman–Crippen LogP) is 5.27. The van der Waals surface area contributed by atoms with Crippen LogP contribution in [0.3, 0.4) is 0 Å². The summed E-state index contributed by atoms with van der Waals surface area (Å²) >= 11 is 0. The number of ketones is 1. The molecule has 0 spiro atoms. The maximum Gasteiger partial charge on any atom is 0.162 e. The molecule has 0 N–H and O–H groups in total. The van der Waals surface area contributed by atoms with Gasteiger partial charge in [-0.15, -0.1) is 0 Å². The number of rotatable bonds is 7. The maximum atomic E-state index is 13.0. The van der Waals surface area contributed by atoms with Gasteiger partial charge in [0.1, 0.15) is 5.82 Å². The second-order valence-electron chi connectivity index (χ2n) is 8.44. The highest BCUT2D eigenvalue weighted by Crippen LogP contribution is 2.34. The summed E-state index contributed by atoms with van der Waals surface area (Å²) in [4.78, 5) is 17.1. The van der Waals surface area contributed by atoms with Crippen molar-refractivity contribution < 1.29 is 9.18 Å². The van der Waals surface area contributed by atoms with Crippen molar-refractivity contribution in [2.75, 3.05) is 37.6 Å². The second kappa shape index (κ2) is 9.53. The number of carbonyl (C=O) groups is 1. The smallest absolute Gasteiger partial charge is 0.162 e. The summed E-state index contributed by atoms with van der Waals surface area (Å²) in [6.45, 7) is 5.09. The van der Waals surface area contributed by atoms with Crippen molar-refractivity contribution in [2.24, 2.45) is 0 Å². The van der Waals surface area contributed by atoms with Crippen LogP contribution >= 0.6 is 0 Å². The van der Waals surface area contributed by atoms with Crippen molar-refractivity contribution in [3.63, 3.8) is 0 Å². The third-order valence-corrected chi connectivity index (χ3v) is 6.50. The monoisotopic (exact) mass is 394 g/mol. The van der Waals surface area contributed by atoms with Crippen LogP contribution in [-0.4, -0.2) is 43.4 Å². The van der Waals surface area contributed by atoms with Gasteiger partial charge < -0.3 is 4.90 Å². The molecule has 0 amide bonds. The average Bonchev–Trinajstić information content (AvgIpc) is 3.30. The Labute approximate surface area is 173 Å². The van der Waals surface area contributed by atoms with E-state index in [0.717, 1.165) is 45.1 Å². The highest BCUT2D eigenvalue weighted by Gasteiger charge is 2.19.